The quantitative estimate of drug-likeness (QED) is 0.518. The number of hydrogen-bond donors (Lipinski definition) is 1. The number of methoxy groups -OCH3 is 1. The van der Waals surface area contributed by atoms with Gasteiger partial charge in [0.05, 0.1) is 36.6 Å². The molecule has 0 bridgehead atoms. The minimum absolute atomic E-state index is 0.0475. The number of nitrogens with zero attached hydrogens (tertiary/aromatic N) is 7. The summed E-state index contributed by atoms with van der Waals surface area (Å²) in [6.07, 6.45) is -5.18. The molecule has 5 rings (SSSR count). The summed E-state index contributed by atoms with van der Waals surface area (Å²) in [7, 11) is 3.23. The van der Waals surface area contributed by atoms with Gasteiger partial charge in [-0.3, -0.25) is 4.79 Å². The van der Waals surface area contributed by atoms with E-state index in [4.69, 9.17) is 9.72 Å². The molecule has 0 saturated carbocycles. The number of aromatic nitrogens is 6. The molecule has 1 aromatic carbocycles. The molecule has 2 aliphatic heterocycles. The van der Waals surface area contributed by atoms with Crippen molar-refractivity contribution in [3.05, 3.63) is 29.2 Å². The molecule has 10 nitrogen and oxygen atoms in total. The number of tetrazole rings is 1. The average Bonchev–Trinajstić information content (AvgIpc) is 3.59. The smallest absolute Gasteiger partial charge is 0.416 e. The number of likely N-dealkylation sites (tertiary alicyclic amines) is 1. The topological polar surface area (TPSA) is 111 Å². The molecule has 1 N–H and O–H groups in total. The number of aliphatic hydroxyl groups excluding tert-OH is 1. The summed E-state index contributed by atoms with van der Waals surface area (Å²) in [5.41, 5.74) is 2.14. The summed E-state index contributed by atoms with van der Waals surface area (Å²) in [5, 5.41) is 22.5. The Kier molecular flexibility index (Phi) is 6.44. The largest absolute Gasteiger partial charge is 0.496 e. The molecule has 13 heteroatoms. The van der Waals surface area contributed by atoms with E-state index in [1.54, 1.807) is 18.7 Å². The lowest BCUT2D eigenvalue weighted by Crippen LogP contribution is -2.58. The highest BCUT2D eigenvalue weighted by Crippen LogP contribution is 2.43. The number of ether oxygens (including phenoxy) is 1. The van der Waals surface area contributed by atoms with Crippen LogP contribution < -0.4 is 4.74 Å². The van der Waals surface area contributed by atoms with Crippen LogP contribution in [0.4, 0.5) is 13.2 Å². The first-order valence-corrected chi connectivity index (χ1v) is 12.6. The number of aryl methyl sites for hydroxylation is 3. The van der Waals surface area contributed by atoms with E-state index in [0.717, 1.165) is 28.1 Å². The lowest BCUT2D eigenvalue weighted by molar-refractivity contribution is -0.232. The Hall–Kier alpha value is -3.48. The fourth-order valence-corrected chi connectivity index (χ4v) is 5.69. The maximum atomic E-state index is 13.8. The molecule has 0 unspecified atom stereocenters. The Morgan fingerprint density at radius 1 is 1.26 bits per heavy atom. The van der Waals surface area contributed by atoms with E-state index in [-0.39, 0.29) is 18.8 Å². The van der Waals surface area contributed by atoms with Gasteiger partial charge in [-0.1, -0.05) is 13.3 Å². The van der Waals surface area contributed by atoms with Crippen molar-refractivity contribution >= 4 is 5.91 Å². The van der Waals surface area contributed by atoms with Crippen LogP contribution in [0.3, 0.4) is 0 Å². The number of alkyl halides is 3. The van der Waals surface area contributed by atoms with E-state index >= 15 is 0 Å². The molecule has 3 aromatic rings. The SMILES string of the molecule is CCCc1nc(C(=O)N2CCC[C@@]2(C)[C@@H](O)C(F)(F)F)n2c1-c1cc(-c3nnn(C)n3)c(OC)cc1CC2. The van der Waals surface area contributed by atoms with Gasteiger partial charge >= 0.3 is 6.18 Å². The molecule has 2 atom stereocenters. The summed E-state index contributed by atoms with van der Waals surface area (Å²) in [5.74, 6) is 0.453. The fraction of sp³-hybridized carbons (Fsp3) is 0.560. The molecule has 0 radical (unpaired) electrons. The summed E-state index contributed by atoms with van der Waals surface area (Å²) in [6, 6.07) is 3.82. The number of rotatable bonds is 6. The van der Waals surface area contributed by atoms with Gasteiger partial charge in [-0.25, -0.2) is 4.98 Å². The fourth-order valence-electron chi connectivity index (χ4n) is 5.69. The zero-order valence-corrected chi connectivity index (χ0v) is 21.7. The van der Waals surface area contributed by atoms with Crippen LogP contribution in [-0.4, -0.2) is 77.1 Å². The molecule has 1 fully saturated rings. The van der Waals surface area contributed by atoms with Crippen LogP contribution in [0, 0.1) is 0 Å². The maximum Gasteiger partial charge on any atom is 0.416 e. The molecule has 4 heterocycles. The van der Waals surface area contributed by atoms with Crippen molar-refractivity contribution in [3.8, 4) is 28.4 Å². The van der Waals surface area contributed by atoms with Crippen LogP contribution in [0.1, 0.15) is 55.0 Å². The summed E-state index contributed by atoms with van der Waals surface area (Å²) in [4.78, 5) is 21.0. The van der Waals surface area contributed by atoms with Crippen LogP contribution in [0.25, 0.3) is 22.6 Å². The van der Waals surface area contributed by atoms with Crippen molar-refractivity contribution in [2.45, 2.75) is 70.3 Å². The normalized spacial score (nSPS) is 19.8. The molecule has 204 valence electrons. The average molecular weight is 534 g/mol. The number of carbonyl (C=O) groups excluding carboxylic acids is 1. The third kappa shape index (κ3) is 4.12. The number of carbonyl (C=O) groups is 1. The lowest BCUT2D eigenvalue weighted by atomic mass is 9.91. The number of hydrogen-bond acceptors (Lipinski definition) is 7. The third-order valence-electron chi connectivity index (χ3n) is 7.58. The van der Waals surface area contributed by atoms with Crippen molar-refractivity contribution in [1.82, 2.24) is 34.7 Å². The van der Waals surface area contributed by atoms with Crippen LogP contribution in [-0.2, 0) is 26.4 Å². The van der Waals surface area contributed by atoms with Gasteiger partial charge in [-0.2, -0.15) is 18.0 Å². The second-order valence-corrected chi connectivity index (χ2v) is 10.1. The monoisotopic (exact) mass is 533 g/mol. The van der Waals surface area contributed by atoms with E-state index in [9.17, 15) is 23.1 Å². The Labute approximate surface area is 217 Å². The van der Waals surface area contributed by atoms with Crippen molar-refractivity contribution in [3.63, 3.8) is 0 Å². The predicted molar refractivity (Wildman–Crippen MR) is 130 cm³/mol. The predicted octanol–water partition coefficient (Wildman–Crippen LogP) is 3.18. The number of benzene rings is 1. The van der Waals surface area contributed by atoms with E-state index in [2.05, 4.69) is 15.4 Å². The summed E-state index contributed by atoms with van der Waals surface area (Å²) >= 11 is 0. The second kappa shape index (κ2) is 9.37. The first-order valence-electron chi connectivity index (χ1n) is 12.6. The van der Waals surface area contributed by atoms with Gasteiger partial charge in [-0.15, -0.1) is 10.2 Å². The molecule has 1 saturated heterocycles. The highest BCUT2D eigenvalue weighted by molar-refractivity contribution is 5.93. The first-order chi connectivity index (χ1) is 18.0. The number of imidazole rings is 1. The number of aliphatic hydroxyl groups is 1. The minimum atomic E-state index is -4.85. The number of halogens is 3. The van der Waals surface area contributed by atoms with Crippen LogP contribution in [0.15, 0.2) is 12.1 Å². The van der Waals surface area contributed by atoms with Crippen LogP contribution in [0.2, 0.25) is 0 Å². The molecular weight excluding hydrogens is 503 g/mol. The van der Waals surface area contributed by atoms with Gasteiger partial charge in [0, 0.05) is 18.7 Å². The van der Waals surface area contributed by atoms with Gasteiger partial charge in [0.25, 0.3) is 5.91 Å². The third-order valence-corrected chi connectivity index (χ3v) is 7.58. The zero-order valence-electron chi connectivity index (χ0n) is 21.7. The molecule has 38 heavy (non-hydrogen) atoms. The van der Waals surface area contributed by atoms with Crippen LogP contribution >= 0.6 is 0 Å². The Balaban J connectivity index is 1.63. The Bertz CT molecular complexity index is 1380. The summed E-state index contributed by atoms with van der Waals surface area (Å²) < 4.78 is 48.0. The van der Waals surface area contributed by atoms with E-state index in [1.807, 2.05) is 19.1 Å². The Morgan fingerprint density at radius 2 is 2.03 bits per heavy atom. The Morgan fingerprint density at radius 3 is 2.66 bits per heavy atom. The van der Waals surface area contributed by atoms with Gasteiger partial charge in [0.1, 0.15) is 5.75 Å². The van der Waals surface area contributed by atoms with Gasteiger partial charge in [-0.05, 0) is 55.5 Å². The van der Waals surface area contributed by atoms with Crippen molar-refractivity contribution in [1.29, 1.82) is 0 Å². The van der Waals surface area contributed by atoms with E-state index in [0.29, 0.717) is 48.6 Å². The first kappa shape index (κ1) is 26.1. The van der Waals surface area contributed by atoms with Gasteiger partial charge in [0.2, 0.25) is 5.82 Å². The van der Waals surface area contributed by atoms with Gasteiger partial charge < -0.3 is 19.3 Å². The molecule has 0 spiro atoms. The maximum absolute atomic E-state index is 13.8. The van der Waals surface area contributed by atoms with Crippen molar-refractivity contribution in [2.24, 2.45) is 7.05 Å². The molecule has 2 aliphatic rings. The number of amides is 1. The highest BCUT2D eigenvalue weighted by atomic mass is 19.4. The number of fused-ring (bicyclic) bond motifs is 3. The zero-order chi connectivity index (χ0) is 27.4. The lowest BCUT2D eigenvalue weighted by Gasteiger charge is -2.39. The van der Waals surface area contributed by atoms with E-state index < -0.39 is 23.7 Å². The second-order valence-electron chi connectivity index (χ2n) is 10.1. The standard InChI is InChI=1S/C25H30F3N7O3/c1-5-7-17-19-15-13-16(20-30-32-33(3)31-20)18(38-4)12-14(15)8-11-34(19)21(29-17)22(36)35-10-6-9-24(35,2)23(37)25(26,27)28/h12-13,23,37H,5-11H2,1-4H3/t23-,24+/m1/s1. The molecule has 2 aromatic heterocycles. The van der Waals surface area contributed by atoms with Crippen molar-refractivity contribution in [2.75, 3.05) is 13.7 Å². The highest BCUT2D eigenvalue weighted by Gasteiger charge is 2.56. The van der Waals surface area contributed by atoms with Crippen LogP contribution in [0.5, 0.6) is 5.75 Å². The van der Waals surface area contributed by atoms with Crippen molar-refractivity contribution < 1.29 is 27.8 Å². The molecule has 1 amide bonds. The molecule has 0 aliphatic carbocycles. The minimum Gasteiger partial charge on any atom is -0.496 e. The van der Waals surface area contributed by atoms with Gasteiger partial charge in [0.15, 0.2) is 11.9 Å². The summed E-state index contributed by atoms with van der Waals surface area (Å²) in [6.45, 7) is 3.84. The van der Waals surface area contributed by atoms with E-state index in [1.165, 1.54) is 11.7 Å². The molecular formula is C25H30F3N7O3.